The largest absolute Gasteiger partial charge is 0.506 e. The Bertz CT molecular complexity index is 989. The number of hydrogen-bond donors (Lipinski definition) is 1. The summed E-state index contributed by atoms with van der Waals surface area (Å²) in [6.07, 6.45) is -4.87. The lowest BCUT2D eigenvalue weighted by atomic mass is 9.89. The van der Waals surface area contributed by atoms with Crippen LogP contribution >= 0.6 is 0 Å². The van der Waals surface area contributed by atoms with Crippen molar-refractivity contribution in [2.75, 3.05) is 5.01 Å². The van der Waals surface area contributed by atoms with Gasteiger partial charge in [0.2, 0.25) is 0 Å². The van der Waals surface area contributed by atoms with Crippen LogP contribution in [0.2, 0.25) is 0 Å². The van der Waals surface area contributed by atoms with Gasteiger partial charge in [-0.2, -0.15) is 23.3 Å². The molecule has 0 saturated carbocycles. The number of pyridine rings is 1. The Morgan fingerprint density at radius 1 is 1.25 bits per heavy atom. The molecule has 0 radical (unpaired) electrons. The molecule has 1 aromatic carbocycles. The summed E-state index contributed by atoms with van der Waals surface area (Å²) in [4.78, 5) is 16.8. The fourth-order valence-electron chi connectivity index (χ4n) is 3.35. The van der Waals surface area contributed by atoms with Crippen LogP contribution in [0.4, 0.5) is 23.2 Å². The van der Waals surface area contributed by atoms with Crippen LogP contribution in [-0.2, 0) is 16.1 Å². The molecule has 0 saturated heterocycles. The van der Waals surface area contributed by atoms with Crippen LogP contribution in [0.5, 0.6) is 5.75 Å². The number of fused-ring (bicyclic) bond motifs is 1. The summed E-state index contributed by atoms with van der Waals surface area (Å²) >= 11 is 0. The molecule has 0 aliphatic carbocycles. The SMILES string of the molecule is Cc1ncc2c(c1O)[C@H]([C@@H]1C(=O)N(c3ccc(F)cc3)N=C1C(F)(F)F)OC2. The van der Waals surface area contributed by atoms with Crippen molar-refractivity contribution in [1.82, 2.24) is 4.98 Å². The van der Waals surface area contributed by atoms with E-state index in [1.165, 1.54) is 13.1 Å². The Morgan fingerprint density at radius 2 is 1.93 bits per heavy atom. The molecule has 3 heterocycles. The molecule has 2 atom stereocenters. The van der Waals surface area contributed by atoms with Crippen molar-refractivity contribution in [3.8, 4) is 5.75 Å². The van der Waals surface area contributed by atoms with Gasteiger partial charge in [-0.05, 0) is 31.2 Å². The zero-order valence-electron chi connectivity index (χ0n) is 14.4. The average molecular weight is 395 g/mol. The van der Waals surface area contributed by atoms with Crippen LogP contribution < -0.4 is 5.01 Å². The molecule has 1 amide bonds. The van der Waals surface area contributed by atoms with Crippen molar-refractivity contribution < 1.29 is 32.2 Å². The fourth-order valence-corrected chi connectivity index (χ4v) is 3.35. The van der Waals surface area contributed by atoms with E-state index in [1.54, 1.807) is 0 Å². The maximum atomic E-state index is 13.6. The first-order valence-electron chi connectivity index (χ1n) is 8.22. The van der Waals surface area contributed by atoms with E-state index in [2.05, 4.69) is 10.1 Å². The van der Waals surface area contributed by atoms with E-state index in [9.17, 15) is 27.5 Å². The molecule has 6 nitrogen and oxygen atoms in total. The van der Waals surface area contributed by atoms with Crippen LogP contribution in [0.15, 0.2) is 35.6 Å². The fraction of sp³-hybridized carbons (Fsp3) is 0.278. The van der Waals surface area contributed by atoms with Gasteiger partial charge in [-0.25, -0.2) is 4.39 Å². The standard InChI is InChI=1S/C18H13F4N3O3/c1-8-14(26)12-9(6-23-8)7-28-15(12)13-16(18(20,21)22)24-25(17(13)27)11-4-2-10(19)3-5-11/h2-6,13,15,26H,7H2,1H3/t13-,15+/m0/s1. The average Bonchev–Trinajstić information content (AvgIpc) is 3.20. The number of alkyl halides is 3. The highest BCUT2D eigenvalue weighted by atomic mass is 19.4. The van der Waals surface area contributed by atoms with Crippen LogP contribution in [0, 0.1) is 18.7 Å². The van der Waals surface area contributed by atoms with Crippen molar-refractivity contribution >= 4 is 17.3 Å². The lowest BCUT2D eigenvalue weighted by Gasteiger charge is -2.21. The van der Waals surface area contributed by atoms with E-state index >= 15 is 0 Å². The van der Waals surface area contributed by atoms with E-state index in [0.717, 1.165) is 24.3 Å². The van der Waals surface area contributed by atoms with Crippen molar-refractivity contribution in [3.63, 3.8) is 0 Å². The van der Waals surface area contributed by atoms with E-state index in [1.807, 2.05) is 0 Å². The summed E-state index contributed by atoms with van der Waals surface area (Å²) in [5.74, 6) is -3.70. The van der Waals surface area contributed by atoms with Gasteiger partial charge in [-0.15, -0.1) is 0 Å². The number of halogens is 4. The van der Waals surface area contributed by atoms with Crippen molar-refractivity contribution in [3.05, 3.63) is 53.1 Å². The van der Waals surface area contributed by atoms with Crippen LogP contribution in [0.1, 0.15) is 22.9 Å². The molecule has 2 aliphatic rings. The van der Waals surface area contributed by atoms with Gasteiger partial charge < -0.3 is 9.84 Å². The molecule has 0 bridgehead atoms. The first-order chi connectivity index (χ1) is 13.2. The number of rotatable bonds is 2. The number of benzene rings is 1. The second-order valence-electron chi connectivity index (χ2n) is 6.45. The number of ether oxygens (including phenoxy) is 1. The minimum Gasteiger partial charge on any atom is -0.506 e. The van der Waals surface area contributed by atoms with Gasteiger partial charge in [0, 0.05) is 17.3 Å². The predicted molar refractivity (Wildman–Crippen MR) is 89.0 cm³/mol. The quantitative estimate of drug-likeness (QED) is 0.791. The third-order valence-corrected chi connectivity index (χ3v) is 4.70. The number of aromatic hydroxyl groups is 1. The normalized spacial score (nSPS) is 21.8. The van der Waals surface area contributed by atoms with E-state index in [4.69, 9.17) is 4.74 Å². The third-order valence-electron chi connectivity index (χ3n) is 4.70. The van der Waals surface area contributed by atoms with E-state index < -0.39 is 35.6 Å². The summed E-state index contributed by atoms with van der Waals surface area (Å²) in [6, 6.07) is 4.34. The smallest absolute Gasteiger partial charge is 0.432 e. The Hall–Kier alpha value is -3.01. The molecule has 1 N–H and O–H groups in total. The number of amides is 1. The maximum Gasteiger partial charge on any atom is 0.432 e. The number of carbonyl (C=O) groups is 1. The topological polar surface area (TPSA) is 75.0 Å². The van der Waals surface area contributed by atoms with Crippen molar-refractivity contribution in [2.24, 2.45) is 11.0 Å². The Balaban J connectivity index is 1.80. The number of aromatic nitrogens is 1. The molecule has 146 valence electrons. The zero-order chi connectivity index (χ0) is 20.2. The highest BCUT2D eigenvalue weighted by molar-refractivity contribution is 6.18. The summed E-state index contributed by atoms with van der Waals surface area (Å²) in [5, 5.41) is 14.4. The van der Waals surface area contributed by atoms with Gasteiger partial charge in [-0.1, -0.05) is 0 Å². The number of carbonyl (C=O) groups excluding carboxylic acids is 1. The first-order valence-corrected chi connectivity index (χ1v) is 8.22. The Kier molecular flexibility index (Phi) is 4.11. The van der Waals surface area contributed by atoms with Gasteiger partial charge in [-0.3, -0.25) is 9.78 Å². The molecule has 28 heavy (non-hydrogen) atoms. The van der Waals surface area contributed by atoms with Gasteiger partial charge in [0.25, 0.3) is 5.91 Å². The molecule has 2 aromatic rings. The summed E-state index contributed by atoms with van der Waals surface area (Å²) < 4.78 is 59.5. The van der Waals surface area contributed by atoms with Gasteiger partial charge >= 0.3 is 6.18 Å². The minimum absolute atomic E-state index is 0.0102. The molecule has 0 unspecified atom stereocenters. The predicted octanol–water partition coefficient (Wildman–Crippen LogP) is 3.39. The van der Waals surface area contributed by atoms with Gasteiger partial charge in [0.05, 0.1) is 18.0 Å². The van der Waals surface area contributed by atoms with Crippen LogP contribution in [0.25, 0.3) is 0 Å². The summed E-state index contributed by atoms with van der Waals surface area (Å²) in [6.45, 7) is 1.40. The van der Waals surface area contributed by atoms with Gasteiger partial charge in [0.1, 0.15) is 23.6 Å². The summed E-state index contributed by atoms with van der Waals surface area (Å²) in [5.41, 5.74) is -0.635. The first kappa shape index (κ1) is 18.4. The van der Waals surface area contributed by atoms with Gasteiger partial charge in [0.15, 0.2) is 5.71 Å². The molecule has 2 aliphatic heterocycles. The minimum atomic E-state index is -4.90. The molecular formula is C18H13F4N3O3. The van der Waals surface area contributed by atoms with Crippen molar-refractivity contribution in [1.29, 1.82) is 0 Å². The molecular weight excluding hydrogens is 382 g/mol. The van der Waals surface area contributed by atoms with Crippen molar-refractivity contribution in [2.45, 2.75) is 25.8 Å². The lowest BCUT2D eigenvalue weighted by Crippen LogP contribution is -2.37. The molecule has 0 fully saturated rings. The van der Waals surface area contributed by atoms with Crippen LogP contribution in [0.3, 0.4) is 0 Å². The van der Waals surface area contributed by atoms with Crippen LogP contribution in [-0.4, -0.2) is 27.9 Å². The summed E-state index contributed by atoms with van der Waals surface area (Å²) in [7, 11) is 0. The number of hydrogen-bond acceptors (Lipinski definition) is 5. The van der Waals surface area contributed by atoms with E-state index in [0.29, 0.717) is 10.6 Å². The third kappa shape index (κ3) is 2.80. The number of aryl methyl sites for hydroxylation is 1. The molecule has 4 rings (SSSR count). The number of anilines is 1. The lowest BCUT2D eigenvalue weighted by molar-refractivity contribution is -0.125. The highest BCUT2D eigenvalue weighted by Gasteiger charge is 2.55. The highest BCUT2D eigenvalue weighted by Crippen LogP contribution is 2.47. The Morgan fingerprint density at radius 3 is 2.57 bits per heavy atom. The Labute approximate surface area is 156 Å². The number of nitrogens with zero attached hydrogens (tertiary/aromatic N) is 3. The van der Waals surface area contributed by atoms with E-state index in [-0.39, 0.29) is 29.3 Å². The second kappa shape index (κ2) is 6.26. The molecule has 0 spiro atoms. The monoisotopic (exact) mass is 395 g/mol. The maximum absolute atomic E-state index is 13.6. The second-order valence-corrected chi connectivity index (χ2v) is 6.45. The zero-order valence-corrected chi connectivity index (χ0v) is 14.4. The molecule has 1 aromatic heterocycles. The molecule has 10 heteroatoms. The number of hydrazone groups is 1.